The number of amides is 2. The van der Waals surface area contributed by atoms with E-state index in [2.05, 4.69) is 15.6 Å². The van der Waals surface area contributed by atoms with Crippen molar-refractivity contribution in [3.8, 4) is 0 Å². The summed E-state index contributed by atoms with van der Waals surface area (Å²) < 4.78 is 12.9. The molecule has 0 aliphatic carbocycles. The van der Waals surface area contributed by atoms with Crippen LogP contribution in [0, 0.1) is 5.82 Å². The van der Waals surface area contributed by atoms with E-state index < -0.39 is 6.04 Å². The minimum absolute atomic E-state index is 0.197. The number of hydrogen-bond acceptors (Lipinski definition) is 3. The molecule has 0 fully saturated rings. The van der Waals surface area contributed by atoms with Crippen molar-refractivity contribution in [2.75, 3.05) is 12.3 Å². The van der Waals surface area contributed by atoms with Crippen molar-refractivity contribution in [1.82, 2.24) is 15.6 Å². The van der Waals surface area contributed by atoms with Gasteiger partial charge in [0, 0.05) is 41.9 Å². The van der Waals surface area contributed by atoms with E-state index in [4.69, 9.17) is 0 Å². The van der Waals surface area contributed by atoms with E-state index in [1.165, 1.54) is 19.1 Å². The van der Waals surface area contributed by atoms with Crippen molar-refractivity contribution in [3.63, 3.8) is 0 Å². The third-order valence-electron chi connectivity index (χ3n) is 4.50. The van der Waals surface area contributed by atoms with Gasteiger partial charge in [-0.3, -0.25) is 9.59 Å². The Labute approximate surface area is 173 Å². The summed E-state index contributed by atoms with van der Waals surface area (Å²) in [6.07, 6.45) is 3.07. The quantitative estimate of drug-likeness (QED) is 0.370. The van der Waals surface area contributed by atoms with Gasteiger partial charge in [0.15, 0.2) is 0 Å². The number of H-pyrrole nitrogens is 1. The summed E-state index contributed by atoms with van der Waals surface area (Å²) >= 11 is 1.61. The van der Waals surface area contributed by atoms with Crippen LogP contribution in [-0.4, -0.2) is 35.1 Å². The standard InChI is InChI=1S/C22H24FN3O2S/c1-15(27)26-21(13-16-14-25-20-6-3-2-5-19(16)20)22(28)24-11-4-12-29-18-9-7-17(23)8-10-18/h2-3,5-10,14,21,25H,4,11-13H2,1H3,(H,24,28)(H,26,27)/t21-/m1/s1. The number of nitrogens with one attached hydrogen (secondary N) is 3. The number of benzene rings is 2. The summed E-state index contributed by atoms with van der Waals surface area (Å²) in [5.41, 5.74) is 1.99. The number of para-hydroxylation sites is 1. The molecule has 0 spiro atoms. The summed E-state index contributed by atoms with van der Waals surface area (Å²) in [5, 5.41) is 6.70. The highest BCUT2D eigenvalue weighted by atomic mass is 32.2. The average Bonchev–Trinajstić information content (AvgIpc) is 3.11. The Morgan fingerprint density at radius 2 is 1.90 bits per heavy atom. The van der Waals surface area contributed by atoms with Crippen LogP contribution in [0.1, 0.15) is 18.9 Å². The van der Waals surface area contributed by atoms with E-state index in [1.807, 2.05) is 30.5 Å². The van der Waals surface area contributed by atoms with Crippen molar-refractivity contribution in [2.45, 2.75) is 30.7 Å². The first kappa shape index (κ1) is 20.9. The van der Waals surface area contributed by atoms with Crippen molar-refractivity contribution in [1.29, 1.82) is 0 Å². The van der Waals surface area contributed by atoms with Gasteiger partial charge in [0.2, 0.25) is 11.8 Å². The fraction of sp³-hybridized carbons (Fsp3) is 0.273. The SMILES string of the molecule is CC(=O)N[C@H](Cc1c[nH]c2ccccc12)C(=O)NCCCSc1ccc(F)cc1. The van der Waals surface area contributed by atoms with Gasteiger partial charge in [-0.1, -0.05) is 18.2 Å². The molecule has 0 radical (unpaired) electrons. The lowest BCUT2D eigenvalue weighted by atomic mass is 10.0. The third-order valence-corrected chi connectivity index (χ3v) is 5.59. The first-order valence-corrected chi connectivity index (χ1v) is 10.5. The minimum Gasteiger partial charge on any atom is -0.361 e. The molecule has 3 aromatic rings. The van der Waals surface area contributed by atoms with Gasteiger partial charge in [-0.15, -0.1) is 11.8 Å². The maximum Gasteiger partial charge on any atom is 0.242 e. The molecule has 2 aromatic carbocycles. The van der Waals surface area contributed by atoms with Crippen LogP contribution in [0.15, 0.2) is 59.6 Å². The second-order valence-electron chi connectivity index (χ2n) is 6.76. The number of aromatic amines is 1. The molecule has 1 atom stereocenters. The molecule has 0 bridgehead atoms. The number of thioether (sulfide) groups is 1. The summed E-state index contributed by atoms with van der Waals surface area (Å²) in [7, 11) is 0. The minimum atomic E-state index is -0.628. The molecule has 3 rings (SSSR count). The lowest BCUT2D eigenvalue weighted by Gasteiger charge is -2.17. The Kier molecular flexibility index (Phi) is 7.30. The number of fused-ring (bicyclic) bond motifs is 1. The van der Waals surface area contributed by atoms with Gasteiger partial charge < -0.3 is 15.6 Å². The summed E-state index contributed by atoms with van der Waals surface area (Å²) in [6.45, 7) is 1.92. The molecule has 0 unspecified atom stereocenters. The molecule has 1 heterocycles. The first-order chi connectivity index (χ1) is 14.0. The van der Waals surface area contributed by atoms with E-state index in [9.17, 15) is 14.0 Å². The van der Waals surface area contributed by atoms with Crippen LogP contribution in [0.3, 0.4) is 0 Å². The molecule has 0 aliphatic heterocycles. The van der Waals surface area contributed by atoms with Crippen molar-refractivity contribution in [2.24, 2.45) is 0 Å². The van der Waals surface area contributed by atoms with Crippen LogP contribution in [0.2, 0.25) is 0 Å². The molecule has 5 nitrogen and oxygen atoms in total. The normalized spacial score (nSPS) is 11.9. The van der Waals surface area contributed by atoms with Gasteiger partial charge in [0.25, 0.3) is 0 Å². The van der Waals surface area contributed by atoms with Crippen molar-refractivity contribution >= 4 is 34.5 Å². The number of carbonyl (C=O) groups is 2. The molecule has 152 valence electrons. The van der Waals surface area contributed by atoms with Gasteiger partial charge >= 0.3 is 0 Å². The highest BCUT2D eigenvalue weighted by Crippen LogP contribution is 2.20. The fourth-order valence-electron chi connectivity index (χ4n) is 3.10. The van der Waals surface area contributed by atoms with Gasteiger partial charge in [-0.05, 0) is 48.1 Å². The molecule has 29 heavy (non-hydrogen) atoms. The third kappa shape index (κ3) is 6.09. The summed E-state index contributed by atoms with van der Waals surface area (Å²) in [5.74, 6) is 0.119. The number of carbonyl (C=O) groups excluding carboxylic acids is 2. The first-order valence-electron chi connectivity index (χ1n) is 9.51. The molecule has 0 saturated heterocycles. The van der Waals surface area contributed by atoms with Crippen molar-refractivity contribution < 1.29 is 14.0 Å². The lowest BCUT2D eigenvalue weighted by Crippen LogP contribution is -2.47. The smallest absolute Gasteiger partial charge is 0.242 e. The Morgan fingerprint density at radius 3 is 2.66 bits per heavy atom. The maximum absolute atomic E-state index is 12.9. The van der Waals surface area contributed by atoms with Gasteiger partial charge in [0.05, 0.1) is 0 Å². The number of halogens is 1. The monoisotopic (exact) mass is 413 g/mol. The largest absolute Gasteiger partial charge is 0.361 e. The second-order valence-corrected chi connectivity index (χ2v) is 7.93. The predicted octanol–water partition coefficient (Wildman–Crippen LogP) is 3.65. The van der Waals surface area contributed by atoms with E-state index in [-0.39, 0.29) is 17.6 Å². The van der Waals surface area contributed by atoms with E-state index in [0.29, 0.717) is 13.0 Å². The van der Waals surface area contributed by atoms with Crippen LogP contribution >= 0.6 is 11.8 Å². The highest BCUT2D eigenvalue weighted by molar-refractivity contribution is 7.99. The van der Waals surface area contributed by atoms with Crippen LogP contribution in [0.5, 0.6) is 0 Å². The lowest BCUT2D eigenvalue weighted by molar-refractivity contribution is -0.128. The zero-order valence-corrected chi connectivity index (χ0v) is 17.0. The van der Waals surface area contributed by atoms with Gasteiger partial charge in [-0.2, -0.15) is 0 Å². The Morgan fingerprint density at radius 1 is 1.14 bits per heavy atom. The van der Waals surface area contributed by atoms with Crippen molar-refractivity contribution in [3.05, 3.63) is 66.1 Å². The van der Waals surface area contributed by atoms with E-state index in [0.717, 1.165) is 33.5 Å². The van der Waals surface area contributed by atoms with Gasteiger partial charge in [-0.25, -0.2) is 4.39 Å². The van der Waals surface area contributed by atoms with Crippen LogP contribution in [0.25, 0.3) is 10.9 Å². The molecule has 0 saturated carbocycles. The number of aromatic nitrogens is 1. The summed E-state index contributed by atoms with van der Waals surface area (Å²) in [4.78, 5) is 28.4. The Hall–Kier alpha value is -2.80. The van der Waals surface area contributed by atoms with E-state index >= 15 is 0 Å². The molecular weight excluding hydrogens is 389 g/mol. The number of hydrogen-bond donors (Lipinski definition) is 3. The Balaban J connectivity index is 1.51. The molecule has 1 aromatic heterocycles. The fourth-order valence-corrected chi connectivity index (χ4v) is 3.96. The molecule has 3 N–H and O–H groups in total. The zero-order chi connectivity index (χ0) is 20.6. The maximum atomic E-state index is 12.9. The van der Waals surface area contributed by atoms with E-state index in [1.54, 1.807) is 23.9 Å². The van der Waals surface area contributed by atoms with Gasteiger partial charge in [0.1, 0.15) is 11.9 Å². The van der Waals surface area contributed by atoms with Crippen LogP contribution in [0.4, 0.5) is 4.39 Å². The molecule has 2 amide bonds. The molecule has 7 heteroatoms. The topological polar surface area (TPSA) is 74.0 Å². The Bertz CT molecular complexity index is 972. The zero-order valence-electron chi connectivity index (χ0n) is 16.2. The molecule has 0 aliphatic rings. The van der Waals surface area contributed by atoms with Crippen LogP contribution < -0.4 is 10.6 Å². The average molecular weight is 414 g/mol. The van der Waals surface area contributed by atoms with Crippen LogP contribution in [-0.2, 0) is 16.0 Å². The second kappa shape index (κ2) is 10.1. The predicted molar refractivity (Wildman–Crippen MR) is 114 cm³/mol. The highest BCUT2D eigenvalue weighted by Gasteiger charge is 2.21. The number of rotatable bonds is 9. The molecular formula is C22H24FN3O2S. The summed E-state index contributed by atoms with van der Waals surface area (Å²) in [6, 6.07) is 13.6.